The lowest BCUT2D eigenvalue weighted by Crippen LogP contribution is -2.14. The molecule has 0 aromatic heterocycles. The number of anilines is 1. The molecule has 2 nitrogen and oxygen atoms in total. The summed E-state index contributed by atoms with van der Waals surface area (Å²) in [6.07, 6.45) is 0.362. The van der Waals surface area contributed by atoms with E-state index in [1.807, 2.05) is 48.5 Å². The second-order valence-electron chi connectivity index (χ2n) is 3.83. The Balaban J connectivity index is 2.03. The van der Waals surface area contributed by atoms with Crippen LogP contribution in [0.5, 0.6) is 0 Å². The van der Waals surface area contributed by atoms with E-state index in [1.54, 1.807) is 0 Å². The van der Waals surface area contributed by atoms with Crippen molar-refractivity contribution in [3.63, 3.8) is 0 Å². The molecule has 1 N–H and O–H groups in total. The average Bonchev–Trinajstić information content (AvgIpc) is 2.32. The van der Waals surface area contributed by atoms with Gasteiger partial charge in [-0.25, -0.2) is 0 Å². The molecule has 0 saturated carbocycles. The first-order valence-electron chi connectivity index (χ1n) is 5.44. The van der Waals surface area contributed by atoms with Gasteiger partial charge in [-0.3, -0.25) is 4.79 Å². The van der Waals surface area contributed by atoms with Crippen LogP contribution in [-0.4, -0.2) is 5.91 Å². The number of benzene rings is 2. The fourth-order valence-electron chi connectivity index (χ4n) is 1.59. The first-order valence-corrected chi connectivity index (χ1v) is 7.02. The van der Waals surface area contributed by atoms with Gasteiger partial charge in [0.2, 0.25) is 5.91 Å². The van der Waals surface area contributed by atoms with Crippen LogP contribution in [0.25, 0.3) is 0 Å². The Kier molecular flexibility index (Phi) is 4.55. The fraction of sp³-hybridized carbons (Fsp3) is 0.0714. The Morgan fingerprint density at radius 3 is 2.56 bits per heavy atom. The summed E-state index contributed by atoms with van der Waals surface area (Å²) in [4.78, 5) is 11.9. The maximum Gasteiger partial charge on any atom is 0.228 e. The Morgan fingerprint density at radius 2 is 1.83 bits per heavy atom. The van der Waals surface area contributed by atoms with Crippen molar-refractivity contribution in [2.24, 2.45) is 0 Å². The molecule has 0 bridgehead atoms. The van der Waals surface area contributed by atoms with E-state index in [0.717, 1.165) is 20.2 Å². The second kappa shape index (κ2) is 6.16. The molecule has 0 saturated heterocycles. The van der Waals surface area contributed by atoms with Gasteiger partial charge in [-0.2, -0.15) is 0 Å². The first kappa shape index (κ1) is 13.3. The molecule has 0 spiro atoms. The van der Waals surface area contributed by atoms with Crippen LogP contribution in [0, 0.1) is 0 Å². The van der Waals surface area contributed by atoms with Crippen molar-refractivity contribution in [1.29, 1.82) is 0 Å². The fourth-order valence-corrected chi connectivity index (χ4v) is 2.42. The molecule has 0 aliphatic heterocycles. The summed E-state index contributed by atoms with van der Waals surface area (Å²) in [6, 6.07) is 15.3. The van der Waals surface area contributed by atoms with E-state index < -0.39 is 0 Å². The van der Waals surface area contributed by atoms with Gasteiger partial charge in [0.05, 0.1) is 12.1 Å². The standard InChI is InChI=1S/C14H11Br2NO/c15-11-5-3-4-10(8-11)9-14(18)17-13-7-2-1-6-12(13)16/h1-8H,9H2,(H,17,18). The molecular formula is C14H11Br2NO. The number of hydrogen-bond donors (Lipinski definition) is 1. The zero-order valence-electron chi connectivity index (χ0n) is 9.49. The zero-order valence-corrected chi connectivity index (χ0v) is 12.7. The van der Waals surface area contributed by atoms with Crippen molar-refractivity contribution < 1.29 is 4.79 Å². The third-order valence-electron chi connectivity index (χ3n) is 2.40. The lowest BCUT2D eigenvalue weighted by molar-refractivity contribution is -0.115. The van der Waals surface area contributed by atoms with Crippen LogP contribution in [0.2, 0.25) is 0 Å². The molecular weight excluding hydrogens is 358 g/mol. The van der Waals surface area contributed by atoms with E-state index in [-0.39, 0.29) is 5.91 Å². The summed E-state index contributed by atoms with van der Waals surface area (Å²) < 4.78 is 1.86. The minimum Gasteiger partial charge on any atom is -0.325 e. The Hall–Kier alpha value is -1.13. The number of para-hydroxylation sites is 1. The summed E-state index contributed by atoms with van der Waals surface area (Å²) in [7, 11) is 0. The maximum atomic E-state index is 11.9. The van der Waals surface area contributed by atoms with Crippen molar-refractivity contribution in [3.8, 4) is 0 Å². The van der Waals surface area contributed by atoms with Gasteiger partial charge in [0.15, 0.2) is 0 Å². The third kappa shape index (κ3) is 3.68. The average molecular weight is 369 g/mol. The topological polar surface area (TPSA) is 29.1 Å². The van der Waals surface area contributed by atoms with E-state index in [1.165, 1.54) is 0 Å². The Bertz CT molecular complexity index is 569. The second-order valence-corrected chi connectivity index (χ2v) is 5.60. The summed E-state index contributed by atoms with van der Waals surface area (Å²) in [6.45, 7) is 0. The highest BCUT2D eigenvalue weighted by molar-refractivity contribution is 9.10. The van der Waals surface area contributed by atoms with Gasteiger partial charge in [-0.05, 0) is 45.8 Å². The predicted molar refractivity (Wildman–Crippen MR) is 80.6 cm³/mol. The molecule has 2 rings (SSSR count). The number of halogens is 2. The summed E-state index contributed by atoms with van der Waals surface area (Å²) in [5, 5.41) is 2.88. The maximum absolute atomic E-state index is 11.9. The number of amides is 1. The van der Waals surface area contributed by atoms with Gasteiger partial charge in [-0.1, -0.05) is 40.2 Å². The van der Waals surface area contributed by atoms with Crippen molar-refractivity contribution >= 4 is 43.5 Å². The molecule has 1 amide bonds. The number of rotatable bonds is 3. The van der Waals surface area contributed by atoms with Crippen LogP contribution in [0.3, 0.4) is 0 Å². The molecule has 4 heteroatoms. The summed E-state index contributed by atoms with van der Waals surface area (Å²) >= 11 is 6.79. The van der Waals surface area contributed by atoms with Crippen LogP contribution in [0.15, 0.2) is 57.5 Å². The SMILES string of the molecule is O=C(Cc1cccc(Br)c1)Nc1ccccc1Br. The molecule has 0 aliphatic rings. The minimum atomic E-state index is -0.0278. The molecule has 0 fully saturated rings. The summed E-state index contributed by atoms with van der Waals surface area (Å²) in [5.41, 5.74) is 1.77. The van der Waals surface area contributed by atoms with E-state index >= 15 is 0 Å². The van der Waals surface area contributed by atoms with E-state index in [2.05, 4.69) is 37.2 Å². The van der Waals surface area contributed by atoms with Gasteiger partial charge in [0.1, 0.15) is 0 Å². The number of carbonyl (C=O) groups excluding carboxylic acids is 1. The van der Waals surface area contributed by atoms with Crippen LogP contribution in [0.1, 0.15) is 5.56 Å². The molecule has 0 heterocycles. The van der Waals surface area contributed by atoms with Crippen LogP contribution >= 0.6 is 31.9 Å². The quantitative estimate of drug-likeness (QED) is 0.854. The van der Waals surface area contributed by atoms with Crippen molar-refractivity contribution in [1.82, 2.24) is 0 Å². The highest BCUT2D eigenvalue weighted by Gasteiger charge is 2.06. The van der Waals surface area contributed by atoms with Crippen molar-refractivity contribution in [3.05, 3.63) is 63.0 Å². The van der Waals surface area contributed by atoms with Crippen molar-refractivity contribution in [2.75, 3.05) is 5.32 Å². The molecule has 0 unspecified atom stereocenters. The van der Waals surface area contributed by atoms with Crippen LogP contribution in [-0.2, 0) is 11.2 Å². The molecule has 18 heavy (non-hydrogen) atoms. The predicted octanol–water partition coefficient (Wildman–Crippen LogP) is 4.39. The molecule has 0 aliphatic carbocycles. The van der Waals surface area contributed by atoms with Gasteiger partial charge in [0, 0.05) is 8.95 Å². The van der Waals surface area contributed by atoms with E-state index in [0.29, 0.717) is 6.42 Å². The highest BCUT2D eigenvalue weighted by atomic mass is 79.9. The van der Waals surface area contributed by atoms with Crippen LogP contribution in [0.4, 0.5) is 5.69 Å². The Morgan fingerprint density at radius 1 is 1.06 bits per heavy atom. The van der Waals surface area contributed by atoms with E-state index in [9.17, 15) is 4.79 Å². The lowest BCUT2D eigenvalue weighted by Gasteiger charge is -2.07. The normalized spacial score (nSPS) is 10.1. The molecule has 0 atom stereocenters. The Labute approximate surface area is 123 Å². The zero-order chi connectivity index (χ0) is 13.0. The molecule has 0 radical (unpaired) electrons. The minimum absolute atomic E-state index is 0.0278. The number of nitrogens with one attached hydrogen (secondary N) is 1. The smallest absolute Gasteiger partial charge is 0.228 e. The van der Waals surface area contributed by atoms with Gasteiger partial charge in [0.25, 0.3) is 0 Å². The highest BCUT2D eigenvalue weighted by Crippen LogP contribution is 2.21. The van der Waals surface area contributed by atoms with Gasteiger partial charge in [-0.15, -0.1) is 0 Å². The van der Waals surface area contributed by atoms with E-state index in [4.69, 9.17) is 0 Å². The van der Waals surface area contributed by atoms with Crippen LogP contribution < -0.4 is 5.32 Å². The summed E-state index contributed by atoms with van der Waals surface area (Å²) in [5.74, 6) is -0.0278. The monoisotopic (exact) mass is 367 g/mol. The number of carbonyl (C=O) groups is 1. The first-order chi connectivity index (χ1) is 8.65. The molecule has 2 aromatic rings. The van der Waals surface area contributed by atoms with Crippen molar-refractivity contribution in [2.45, 2.75) is 6.42 Å². The number of hydrogen-bond acceptors (Lipinski definition) is 1. The van der Waals surface area contributed by atoms with Gasteiger partial charge < -0.3 is 5.32 Å². The molecule has 2 aromatic carbocycles. The third-order valence-corrected chi connectivity index (χ3v) is 3.59. The molecule has 92 valence electrons. The largest absolute Gasteiger partial charge is 0.325 e. The lowest BCUT2D eigenvalue weighted by atomic mass is 10.1. The van der Waals surface area contributed by atoms with Gasteiger partial charge >= 0.3 is 0 Å².